The molecule has 1 amide bonds. The van der Waals surface area contributed by atoms with Crippen LogP contribution in [-0.2, 0) is 6.42 Å². The van der Waals surface area contributed by atoms with E-state index in [1.807, 2.05) is 49.4 Å². The van der Waals surface area contributed by atoms with Crippen LogP contribution in [0.15, 0.2) is 54.6 Å². The van der Waals surface area contributed by atoms with Crippen molar-refractivity contribution in [3.8, 4) is 5.75 Å². The number of nitrogens with zero attached hydrogens (tertiary/aromatic N) is 1. The summed E-state index contributed by atoms with van der Waals surface area (Å²) in [5, 5.41) is 3.89. The maximum atomic E-state index is 12.6. The van der Waals surface area contributed by atoms with Crippen LogP contribution in [0.25, 0.3) is 0 Å². The fourth-order valence-corrected chi connectivity index (χ4v) is 3.57. The van der Waals surface area contributed by atoms with E-state index in [4.69, 9.17) is 4.74 Å². The summed E-state index contributed by atoms with van der Waals surface area (Å²) in [5.41, 5.74) is 2.67. The van der Waals surface area contributed by atoms with Gasteiger partial charge in [0, 0.05) is 18.2 Å². The molecular formula is C21H22N2O2S. The number of thiazole rings is 1. The van der Waals surface area contributed by atoms with Crippen LogP contribution in [0.1, 0.15) is 39.3 Å². The Morgan fingerprint density at radius 1 is 1.15 bits per heavy atom. The minimum absolute atomic E-state index is 0.132. The number of hydrogen-bond acceptors (Lipinski definition) is 4. The van der Waals surface area contributed by atoms with Gasteiger partial charge in [0.1, 0.15) is 10.6 Å². The first-order valence-corrected chi connectivity index (χ1v) is 9.52. The molecule has 3 aromatic rings. The number of nitrogens with one attached hydrogen (secondary N) is 1. The molecule has 5 heteroatoms. The van der Waals surface area contributed by atoms with Gasteiger partial charge in [-0.3, -0.25) is 4.79 Å². The van der Waals surface area contributed by atoms with Gasteiger partial charge in [0.05, 0.1) is 17.3 Å². The number of rotatable bonds is 7. The number of anilines is 1. The second kappa shape index (κ2) is 8.63. The van der Waals surface area contributed by atoms with Crippen LogP contribution < -0.4 is 10.1 Å². The van der Waals surface area contributed by atoms with Gasteiger partial charge in [-0.15, -0.1) is 11.3 Å². The molecule has 0 spiro atoms. The minimum atomic E-state index is -0.132. The lowest BCUT2D eigenvalue weighted by Crippen LogP contribution is -2.11. The van der Waals surface area contributed by atoms with E-state index in [1.54, 1.807) is 0 Å². The summed E-state index contributed by atoms with van der Waals surface area (Å²) in [7, 11) is 0. The van der Waals surface area contributed by atoms with Gasteiger partial charge in [-0.05, 0) is 31.0 Å². The maximum absolute atomic E-state index is 12.6. The van der Waals surface area contributed by atoms with Crippen molar-refractivity contribution in [2.45, 2.75) is 26.7 Å². The SMILES string of the molecule is CCCOc1cccc(NC(=O)c2sc(Cc3ccccc3)nc2C)c1. The van der Waals surface area contributed by atoms with E-state index in [0.29, 0.717) is 11.5 Å². The highest BCUT2D eigenvalue weighted by atomic mass is 32.1. The van der Waals surface area contributed by atoms with Crippen molar-refractivity contribution in [1.29, 1.82) is 0 Å². The molecule has 2 aromatic carbocycles. The fraction of sp³-hybridized carbons (Fsp3) is 0.238. The van der Waals surface area contributed by atoms with Gasteiger partial charge in [0.25, 0.3) is 5.91 Å². The zero-order valence-electron chi connectivity index (χ0n) is 15.0. The standard InChI is InChI=1S/C21H22N2O2S/c1-3-12-25-18-11-7-10-17(14-18)23-21(24)20-15(2)22-19(26-20)13-16-8-5-4-6-9-16/h4-11,14H,3,12-13H2,1-2H3,(H,23,24). The van der Waals surface area contributed by atoms with Gasteiger partial charge in [-0.2, -0.15) is 0 Å². The second-order valence-electron chi connectivity index (χ2n) is 6.01. The number of aryl methyl sites for hydroxylation is 1. The molecule has 26 heavy (non-hydrogen) atoms. The van der Waals surface area contributed by atoms with Crippen molar-refractivity contribution >= 4 is 22.9 Å². The summed E-state index contributed by atoms with van der Waals surface area (Å²) in [6.45, 7) is 4.60. The van der Waals surface area contributed by atoms with E-state index in [1.165, 1.54) is 16.9 Å². The second-order valence-corrected chi connectivity index (χ2v) is 7.10. The number of ether oxygens (including phenoxy) is 1. The fourth-order valence-electron chi connectivity index (χ4n) is 2.58. The number of amides is 1. The Morgan fingerprint density at radius 3 is 2.73 bits per heavy atom. The minimum Gasteiger partial charge on any atom is -0.494 e. The van der Waals surface area contributed by atoms with E-state index in [2.05, 4.69) is 29.4 Å². The molecule has 0 unspecified atom stereocenters. The topological polar surface area (TPSA) is 51.2 Å². The third kappa shape index (κ3) is 4.70. The third-order valence-electron chi connectivity index (χ3n) is 3.81. The number of aromatic nitrogens is 1. The Balaban J connectivity index is 1.70. The number of benzene rings is 2. The first-order valence-electron chi connectivity index (χ1n) is 8.70. The largest absolute Gasteiger partial charge is 0.494 e. The van der Waals surface area contributed by atoms with E-state index in [0.717, 1.165) is 35.0 Å². The van der Waals surface area contributed by atoms with E-state index in [9.17, 15) is 4.79 Å². The lowest BCUT2D eigenvalue weighted by Gasteiger charge is -2.08. The smallest absolute Gasteiger partial charge is 0.267 e. The predicted octanol–water partition coefficient (Wildman–Crippen LogP) is 5.08. The van der Waals surface area contributed by atoms with Crippen LogP contribution in [-0.4, -0.2) is 17.5 Å². The highest BCUT2D eigenvalue weighted by Crippen LogP contribution is 2.23. The summed E-state index contributed by atoms with van der Waals surface area (Å²) in [6, 6.07) is 17.6. The molecule has 3 rings (SSSR count). The van der Waals surface area contributed by atoms with Gasteiger partial charge < -0.3 is 10.1 Å². The van der Waals surface area contributed by atoms with Gasteiger partial charge in [-0.1, -0.05) is 43.3 Å². The number of carbonyl (C=O) groups excluding carboxylic acids is 1. The van der Waals surface area contributed by atoms with Crippen LogP contribution >= 0.6 is 11.3 Å². The average molecular weight is 366 g/mol. The Labute approximate surface area is 157 Å². The first kappa shape index (κ1) is 18.1. The summed E-state index contributed by atoms with van der Waals surface area (Å²) in [6.07, 6.45) is 1.68. The zero-order chi connectivity index (χ0) is 18.4. The van der Waals surface area contributed by atoms with E-state index < -0.39 is 0 Å². The van der Waals surface area contributed by atoms with Crippen molar-refractivity contribution < 1.29 is 9.53 Å². The lowest BCUT2D eigenvalue weighted by atomic mass is 10.2. The molecule has 0 bridgehead atoms. The van der Waals surface area contributed by atoms with Gasteiger partial charge in [0.2, 0.25) is 0 Å². The lowest BCUT2D eigenvalue weighted by molar-refractivity contribution is 0.103. The monoisotopic (exact) mass is 366 g/mol. The maximum Gasteiger partial charge on any atom is 0.267 e. The molecule has 0 atom stereocenters. The molecule has 1 heterocycles. The first-order chi connectivity index (χ1) is 12.7. The highest BCUT2D eigenvalue weighted by Gasteiger charge is 2.16. The van der Waals surface area contributed by atoms with E-state index in [-0.39, 0.29) is 5.91 Å². The van der Waals surface area contributed by atoms with Crippen molar-refractivity contribution in [1.82, 2.24) is 4.98 Å². The third-order valence-corrected chi connectivity index (χ3v) is 4.97. The van der Waals surface area contributed by atoms with Crippen LogP contribution in [0.2, 0.25) is 0 Å². The summed E-state index contributed by atoms with van der Waals surface area (Å²) in [5.74, 6) is 0.627. The summed E-state index contributed by atoms with van der Waals surface area (Å²) >= 11 is 1.45. The van der Waals surface area contributed by atoms with Crippen molar-refractivity contribution in [3.05, 3.63) is 75.7 Å². The Bertz CT molecular complexity index is 875. The molecule has 0 saturated heterocycles. The molecule has 0 saturated carbocycles. The molecule has 0 radical (unpaired) electrons. The average Bonchev–Trinajstić information content (AvgIpc) is 3.01. The Morgan fingerprint density at radius 2 is 1.96 bits per heavy atom. The van der Waals surface area contributed by atoms with Crippen LogP contribution in [0.4, 0.5) is 5.69 Å². The normalized spacial score (nSPS) is 10.5. The molecule has 0 aliphatic carbocycles. The quantitative estimate of drug-likeness (QED) is 0.634. The molecule has 0 aliphatic heterocycles. The van der Waals surface area contributed by atoms with Gasteiger partial charge in [-0.25, -0.2) is 4.98 Å². The van der Waals surface area contributed by atoms with Crippen molar-refractivity contribution in [2.75, 3.05) is 11.9 Å². The van der Waals surface area contributed by atoms with Crippen LogP contribution in [0, 0.1) is 6.92 Å². The van der Waals surface area contributed by atoms with Crippen LogP contribution in [0.3, 0.4) is 0 Å². The molecule has 1 N–H and O–H groups in total. The number of carbonyl (C=O) groups is 1. The zero-order valence-corrected chi connectivity index (χ0v) is 15.8. The van der Waals surface area contributed by atoms with Crippen LogP contribution in [0.5, 0.6) is 5.75 Å². The molecule has 0 fully saturated rings. The van der Waals surface area contributed by atoms with Crippen molar-refractivity contribution in [2.24, 2.45) is 0 Å². The summed E-state index contributed by atoms with van der Waals surface area (Å²) < 4.78 is 5.62. The predicted molar refractivity (Wildman–Crippen MR) is 106 cm³/mol. The van der Waals surface area contributed by atoms with E-state index >= 15 is 0 Å². The molecule has 1 aromatic heterocycles. The molecule has 0 aliphatic rings. The number of hydrogen-bond donors (Lipinski definition) is 1. The Hall–Kier alpha value is -2.66. The summed E-state index contributed by atoms with van der Waals surface area (Å²) in [4.78, 5) is 17.9. The Kier molecular flexibility index (Phi) is 6.02. The molecule has 134 valence electrons. The van der Waals surface area contributed by atoms with Gasteiger partial charge >= 0.3 is 0 Å². The van der Waals surface area contributed by atoms with Gasteiger partial charge in [0.15, 0.2) is 0 Å². The van der Waals surface area contributed by atoms with Crippen molar-refractivity contribution in [3.63, 3.8) is 0 Å². The molecule has 4 nitrogen and oxygen atoms in total. The molecular weight excluding hydrogens is 344 g/mol. The highest BCUT2D eigenvalue weighted by molar-refractivity contribution is 7.14.